The van der Waals surface area contributed by atoms with Crippen molar-refractivity contribution in [1.29, 1.82) is 0 Å². The number of anilines is 1. The highest BCUT2D eigenvalue weighted by Crippen LogP contribution is 2.40. The summed E-state index contributed by atoms with van der Waals surface area (Å²) in [6.07, 6.45) is 3.89. The summed E-state index contributed by atoms with van der Waals surface area (Å²) >= 11 is 0. The highest BCUT2D eigenvalue weighted by molar-refractivity contribution is 5.69. The molecule has 170 valence electrons. The zero-order chi connectivity index (χ0) is 23.1. The summed E-state index contributed by atoms with van der Waals surface area (Å²) in [6, 6.07) is 10.3. The normalized spacial score (nSPS) is 18.1. The van der Waals surface area contributed by atoms with Gasteiger partial charge in [0, 0.05) is 36.1 Å². The Hall–Kier alpha value is -2.87. The molecule has 1 aliphatic heterocycles. The molecule has 0 bridgehead atoms. The van der Waals surface area contributed by atoms with Crippen LogP contribution in [-0.4, -0.2) is 43.1 Å². The van der Waals surface area contributed by atoms with Crippen LogP contribution in [0.5, 0.6) is 0 Å². The van der Waals surface area contributed by atoms with E-state index in [9.17, 15) is 8.78 Å². The van der Waals surface area contributed by atoms with Crippen molar-refractivity contribution in [2.45, 2.75) is 64.5 Å². The molecule has 1 aliphatic rings. The molecule has 0 unspecified atom stereocenters. The van der Waals surface area contributed by atoms with E-state index in [1.54, 1.807) is 42.7 Å². The summed E-state index contributed by atoms with van der Waals surface area (Å²) < 4.78 is 29.6. The SMILES string of the molecule is CN(c1ccc(-c2cccc(-n3cccn3)c2C(F)F)nn1)N1C(C)(C)CCCC1(C)C. The van der Waals surface area contributed by atoms with E-state index in [0.29, 0.717) is 22.8 Å². The van der Waals surface area contributed by atoms with E-state index >= 15 is 0 Å². The predicted molar refractivity (Wildman–Crippen MR) is 122 cm³/mol. The van der Waals surface area contributed by atoms with Gasteiger partial charge in [0.15, 0.2) is 5.82 Å². The molecule has 0 spiro atoms. The zero-order valence-corrected chi connectivity index (χ0v) is 19.3. The van der Waals surface area contributed by atoms with Crippen LogP contribution in [0.25, 0.3) is 16.9 Å². The van der Waals surface area contributed by atoms with Gasteiger partial charge in [-0.15, -0.1) is 10.2 Å². The van der Waals surface area contributed by atoms with Crippen molar-refractivity contribution in [3.8, 4) is 16.9 Å². The second-order valence-corrected chi connectivity index (χ2v) is 9.58. The van der Waals surface area contributed by atoms with Gasteiger partial charge in [0.1, 0.15) is 0 Å². The molecular weight excluding hydrogens is 410 g/mol. The number of halogens is 2. The second kappa shape index (κ2) is 8.24. The summed E-state index contributed by atoms with van der Waals surface area (Å²) in [5, 5.41) is 17.3. The first-order valence-corrected chi connectivity index (χ1v) is 10.9. The van der Waals surface area contributed by atoms with Crippen molar-refractivity contribution >= 4 is 5.82 Å². The van der Waals surface area contributed by atoms with E-state index in [-0.39, 0.29) is 16.6 Å². The van der Waals surface area contributed by atoms with Crippen LogP contribution in [0, 0.1) is 0 Å². The van der Waals surface area contributed by atoms with Crippen molar-refractivity contribution in [2.24, 2.45) is 0 Å². The summed E-state index contributed by atoms with van der Waals surface area (Å²) in [4.78, 5) is 0. The highest BCUT2D eigenvalue weighted by Gasteiger charge is 2.44. The van der Waals surface area contributed by atoms with Crippen LogP contribution in [0.1, 0.15) is 58.9 Å². The van der Waals surface area contributed by atoms with Crippen LogP contribution in [0.4, 0.5) is 14.6 Å². The Morgan fingerprint density at radius 1 is 0.969 bits per heavy atom. The summed E-state index contributed by atoms with van der Waals surface area (Å²) in [6.45, 7) is 8.95. The molecule has 0 N–H and O–H groups in total. The molecule has 1 aromatic carbocycles. The molecular formula is C24H30F2N6. The minimum atomic E-state index is -2.68. The smallest absolute Gasteiger partial charge is 0.266 e. The zero-order valence-electron chi connectivity index (χ0n) is 19.3. The average molecular weight is 441 g/mol. The van der Waals surface area contributed by atoms with Gasteiger partial charge in [-0.25, -0.2) is 18.5 Å². The van der Waals surface area contributed by atoms with Crippen molar-refractivity contribution in [3.05, 3.63) is 54.4 Å². The molecule has 0 saturated carbocycles. The van der Waals surface area contributed by atoms with Crippen molar-refractivity contribution in [3.63, 3.8) is 0 Å². The fourth-order valence-electron chi connectivity index (χ4n) is 5.16. The molecule has 1 saturated heterocycles. The van der Waals surface area contributed by atoms with Crippen LogP contribution in [0.2, 0.25) is 0 Å². The Bertz CT molecular complexity index is 1040. The number of hydrazine groups is 1. The van der Waals surface area contributed by atoms with Gasteiger partial charge in [-0.2, -0.15) is 5.10 Å². The van der Waals surface area contributed by atoms with Gasteiger partial charge in [0.25, 0.3) is 6.43 Å². The topological polar surface area (TPSA) is 50.1 Å². The number of aromatic nitrogens is 4. The Labute approximate surface area is 187 Å². The Balaban J connectivity index is 1.70. The van der Waals surface area contributed by atoms with Gasteiger partial charge in [0.05, 0.1) is 16.9 Å². The Kier molecular flexibility index (Phi) is 5.75. The largest absolute Gasteiger partial charge is 0.290 e. The van der Waals surface area contributed by atoms with Crippen LogP contribution >= 0.6 is 0 Å². The van der Waals surface area contributed by atoms with E-state index in [1.165, 1.54) is 11.1 Å². The first-order valence-electron chi connectivity index (χ1n) is 10.9. The summed E-state index contributed by atoms with van der Waals surface area (Å²) in [5.41, 5.74) is 0.930. The Morgan fingerprint density at radius 2 is 1.69 bits per heavy atom. The first-order chi connectivity index (χ1) is 15.1. The maximum absolute atomic E-state index is 14.1. The van der Waals surface area contributed by atoms with Crippen molar-refractivity contribution < 1.29 is 8.78 Å². The van der Waals surface area contributed by atoms with Crippen molar-refractivity contribution in [1.82, 2.24) is 25.0 Å². The highest BCUT2D eigenvalue weighted by atomic mass is 19.3. The molecule has 0 aliphatic carbocycles. The molecule has 6 nitrogen and oxygen atoms in total. The number of nitrogens with zero attached hydrogens (tertiary/aromatic N) is 6. The van der Waals surface area contributed by atoms with Gasteiger partial charge in [-0.3, -0.25) is 5.01 Å². The van der Waals surface area contributed by atoms with Gasteiger partial charge >= 0.3 is 0 Å². The predicted octanol–water partition coefficient (Wildman–Crippen LogP) is 5.66. The lowest BCUT2D eigenvalue weighted by Crippen LogP contribution is -2.64. The number of benzene rings is 1. The van der Waals surface area contributed by atoms with Crippen LogP contribution in [0.3, 0.4) is 0 Å². The molecule has 32 heavy (non-hydrogen) atoms. The van der Waals surface area contributed by atoms with E-state index < -0.39 is 6.43 Å². The number of hydrogen-bond donors (Lipinski definition) is 0. The summed E-state index contributed by atoms with van der Waals surface area (Å²) in [7, 11) is 1.99. The maximum Gasteiger partial charge on any atom is 0.266 e. The monoisotopic (exact) mass is 440 g/mol. The van der Waals surface area contributed by atoms with Crippen LogP contribution < -0.4 is 5.01 Å². The van der Waals surface area contributed by atoms with E-state index in [0.717, 1.165) is 12.8 Å². The number of alkyl halides is 2. The maximum atomic E-state index is 14.1. The molecule has 3 aromatic rings. The lowest BCUT2D eigenvalue weighted by molar-refractivity contribution is -0.0332. The average Bonchev–Trinajstić information content (AvgIpc) is 3.26. The molecule has 1 fully saturated rings. The lowest BCUT2D eigenvalue weighted by atomic mass is 9.81. The third-order valence-corrected chi connectivity index (χ3v) is 6.33. The quantitative estimate of drug-likeness (QED) is 0.512. The summed E-state index contributed by atoms with van der Waals surface area (Å²) in [5.74, 6) is 0.679. The minimum Gasteiger partial charge on any atom is -0.290 e. The van der Waals surface area contributed by atoms with Gasteiger partial charge < -0.3 is 0 Å². The lowest BCUT2D eigenvalue weighted by Gasteiger charge is -2.56. The Morgan fingerprint density at radius 3 is 2.25 bits per heavy atom. The van der Waals surface area contributed by atoms with Crippen molar-refractivity contribution in [2.75, 3.05) is 12.1 Å². The van der Waals surface area contributed by atoms with E-state index in [2.05, 4.69) is 48.0 Å². The molecule has 0 radical (unpaired) electrons. The molecule has 3 heterocycles. The molecule has 8 heteroatoms. The third kappa shape index (κ3) is 3.99. The van der Waals surface area contributed by atoms with E-state index in [4.69, 9.17) is 0 Å². The standard InChI is InChI=1S/C24H30F2N6/c1-23(2)13-7-14-24(3,4)32(23)30(5)20-12-11-18(28-29-20)17-9-6-10-19(21(17)22(25)26)31-16-8-15-27-31/h6,8-12,15-16,22H,7,13-14H2,1-5H3. The third-order valence-electron chi connectivity index (χ3n) is 6.33. The molecule has 4 rings (SSSR count). The number of hydrogen-bond acceptors (Lipinski definition) is 5. The molecule has 0 amide bonds. The van der Waals surface area contributed by atoms with Gasteiger partial charge in [-0.05, 0) is 71.2 Å². The van der Waals surface area contributed by atoms with Gasteiger partial charge in [0.2, 0.25) is 0 Å². The number of rotatable bonds is 5. The fourth-order valence-corrected chi connectivity index (χ4v) is 5.16. The van der Waals surface area contributed by atoms with Crippen LogP contribution in [-0.2, 0) is 0 Å². The fraction of sp³-hybridized carbons (Fsp3) is 0.458. The minimum absolute atomic E-state index is 0.0300. The molecule has 0 atom stereocenters. The first kappa shape index (κ1) is 22.3. The second-order valence-electron chi connectivity index (χ2n) is 9.58. The number of piperidine rings is 1. The van der Waals surface area contributed by atoms with E-state index in [1.807, 2.05) is 18.1 Å². The van der Waals surface area contributed by atoms with Gasteiger partial charge in [-0.1, -0.05) is 12.1 Å². The molecule has 2 aromatic heterocycles. The van der Waals surface area contributed by atoms with Crippen LogP contribution in [0.15, 0.2) is 48.8 Å².